The predicted molar refractivity (Wildman–Crippen MR) is 124 cm³/mol. The number of fused-ring (bicyclic) bond motifs is 1. The van der Waals surface area contributed by atoms with E-state index in [0.717, 1.165) is 41.0 Å². The van der Waals surface area contributed by atoms with Gasteiger partial charge in [0.2, 0.25) is 0 Å². The topological polar surface area (TPSA) is 78.1 Å². The van der Waals surface area contributed by atoms with E-state index in [0.29, 0.717) is 18.1 Å². The Kier molecular flexibility index (Phi) is 5.51. The number of hydrogen-bond donors (Lipinski definition) is 0. The van der Waals surface area contributed by atoms with Gasteiger partial charge >= 0.3 is 6.09 Å². The van der Waals surface area contributed by atoms with Crippen LogP contribution in [0.2, 0.25) is 0 Å². The first-order valence-corrected chi connectivity index (χ1v) is 11.4. The first-order valence-electron chi connectivity index (χ1n) is 11.4. The van der Waals surface area contributed by atoms with Crippen molar-refractivity contribution in [1.82, 2.24) is 29.4 Å². The molecule has 4 heterocycles. The molecule has 1 fully saturated rings. The van der Waals surface area contributed by atoms with Crippen LogP contribution in [0.15, 0.2) is 12.3 Å². The van der Waals surface area contributed by atoms with Gasteiger partial charge in [-0.15, -0.1) is 0 Å². The number of hydrogen-bond acceptors (Lipinski definition) is 5. The van der Waals surface area contributed by atoms with Crippen LogP contribution < -0.4 is 0 Å². The third-order valence-corrected chi connectivity index (χ3v) is 5.97. The second kappa shape index (κ2) is 7.90. The molecule has 8 heteroatoms. The van der Waals surface area contributed by atoms with E-state index >= 15 is 0 Å². The van der Waals surface area contributed by atoms with Crippen molar-refractivity contribution in [3.63, 3.8) is 0 Å². The van der Waals surface area contributed by atoms with Crippen molar-refractivity contribution in [3.8, 4) is 5.69 Å². The van der Waals surface area contributed by atoms with Crippen molar-refractivity contribution in [2.75, 3.05) is 6.54 Å². The van der Waals surface area contributed by atoms with Crippen LogP contribution in [-0.2, 0) is 11.8 Å². The van der Waals surface area contributed by atoms with Crippen LogP contribution >= 0.6 is 0 Å². The number of nitrogens with zero attached hydrogens (tertiary/aromatic N) is 6. The van der Waals surface area contributed by atoms with Gasteiger partial charge < -0.3 is 4.74 Å². The minimum Gasteiger partial charge on any atom is -0.444 e. The summed E-state index contributed by atoms with van der Waals surface area (Å²) >= 11 is 0. The summed E-state index contributed by atoms with van der Waals surface area (Å²) in [5.41, 5.74) is 5.22. The van der Waals surface area contributed by atoms with E-state index in [2.05, 4.69) is 38.9 Å². The molecule has 8 nitrogen and oxygen atoms in total. The number of amides is 1. The van der Waals surface area contributed by atoms with Gasteiger partial charge in [0.05, 0.1) is 23.1 Å². The van der Waals surface area contributed by atoms with Gasteiger partial charge in [0.25, 0.3) is 0 Å². The molecule has 1 aliphatic heterocycles. The fourth-order valence-electron chi connectivity index (χ4n) is 4.81. The second-order valence-electron chi connectivity index (χ2n) is 10.1. The lowest BCUT2D eigenvalue weighted by Crippen LogP contribution is -2.37. The first-order chi connectivity index (χ1) is 15.0. The number of aryl methyl sites for hydroxylation is 2. The number of pyridine rings is 1. The molecule has 0 aromatic carbocycles. The van der Waals surface area contributed by atoms with Crippen molar-refractivity contribution < 1.29 is 9.53 Å². The highest BCUT2D eigenvalue weighted by Crippen LogP contribution is 2.37. The van der Waals surface area contributed by atoms with Gasteiger partial charge in [0, 0.05) is 30.9 Å². The Morgan fingerprint density at radius 2 is 1.94 bits per heavy atom. The lowest BCUT2D eigenvalue weighted by atomic mass is 10.0. The zero-order valence-corrected chi connectivity index (χ0v) is 20.4. The van der Waals surface area contributed by atoms with E-state index in [-0.39, 0.29) is 12.1 Å². The summed E-state index contributed by atoms with van der Waals surface area (Å²) in [6.07, 6.45) is 3.39. The van der Waals surface area contributed by atoms with E-state index < -0.39 is 5.60 Å². The van der Waals surface area contributed by atoms with E-state index in [9.17, 15) is 4.79 Å². The van der Waals surface area contributed by atoms with Crippen molar-refractivity contribution in [1.29, 1.82) is 0 Å². The van der Waals surface area contributed by atoms with Crippen LogP contribution in [0, 0.1) is 13.8 Å². The van der Waals surface area contributed by atoms with Crippen LogP contribution in [0.1, 0.15) is 82.1 Å². The van der Waals surface area contributed by atoms with Gasteiger partial charge in [-0.2, -0.15) is 10.2 Å². The Hall–Kier alpha value is -2.90. The van der Waals surface area contributed by atoms with Crippen molar-refractivity contribution in [3.05, 3.63) is 34.9 Å². The summed E-state index contributed by atoms with van der Waals surface area (Å²) < 4.78 is 9.47. The van der Waals surface area contributed by atoms with Gasteiger partial charge in [-0.1, -0.05) is 13.8 Å². The summed E-state index contributed by atoms with van der Waals surface area (Å²) in [4.78, 5) is 19.8. The van der Waals surface area contributed by atoms with E-state index in [1.165, 1.54) is 5.56 Å². The highest BCUT2D eigenvalue weighted by atomic mass is 16.6. The minimum atomic E-state index is -0.548. The molecule has 32 heavy (non-hydrogen) atoms. The number of ether oxygens (including phenoxy) is 1. The Labute approximate surface area is 189 Å². The highest BCUT2D eigenvalue weighted by Gasteiger charge is 2.36. The maximum absolute atomic E-state index is 13.0. The van der Waals surface area contributed by atoms with Crippen molar-refractivity contribution >= 4 is 17.1 Å². The van der Waals surface area contributed by atoms with Crippen LogP contribution in [0.5, 0.6) is 0 Å². The smallest absolute Gasteiger partial charge is 0.410 e. The molecule has 1 amide bonds. The highest BCUT2D eigenvalue weighted by molar-refractivity contribution is 5.78. The van der Waals surface area contributed by atoms with E-state index in [1.54, 1.807) is 9.58 Å². The average Bonchev–Trinajstić information content (AvgIpc) is 3.34. The second-order valence-corrected chi connectivity index (χ2v) is 10.1. The van der Waals surface area contributed by atoms with Gasteiger partial charge in [-0.25, -0.2) is 14.5 Å². The largest absolute Gasteiger partial charge is 0.444 e. The fraction of sp³-hybridized carbons (Fsp3) is 0.583. The summed E-state index contributed by atoms with van der Waals surface area (Å²) in [6, 6.07) is 1.91. The van der Waals surface area contributed by atoms with Crippen LogP contribution in [-0.4, -0.2) is 47.7 Å². The van der Waals surface area contributed by atoms with Gasteiger partial charge in [-0.05, 0) is 65.0 Å². The Balaban J connectivity index is 1.88. The predicted octanol–water partition coefficient (Wildman–Crippen LogP) is 4.97. The fourth-order valence-corrected chi connectivity index (χ4v) is 4.81. The standard InChI is InChI=1S/C24H34N6O2/c1-14(2)20-15(3)26-30(16(20)4)19-12-17-13-28(8)27-22(17)25-21(19)18-10-9-11-29(18)23(31)32-24(5,6)7/h12-14,18H,9-11H2,1-8H3. The molecule has 4 rings (SSSR count). The molecule has 1 aliphatic rings. The van der Waals surface area contributed by atoms with Crippen LogP contribution in [0.3, 0.4) is 0 Å². The zero-order valence-electron chi connectivity index (χ0n) is 20.4. The van der Waals surface area contributed by atoms with Crippen molar-refractivity contribution in [2.45, 2.75) is 78.9 Å². The summed E-state index contributed by atoms with van der Waals surface area (Å²) in [5.74, 6) is 0.368. The quantitative estimate of drug-likeness (QED) is 0.577. The summed E-state index contributed by atoms with van der Waals surface area (Å²) in [7, 11) is 1.89. The normalized spacial score (nSPS) is 17.0. The lowest BCUT2D eigenvalue weighted by molar-refractivity contribution is 0.0221. The monoisotopic (exact) mass is 438 g/mol. The Morgan fingerprint density at radius 1 is 1.22 bits per heavy atom. The van der Waals surface area contributed by atoms with Crippen LogP contribution in [0.25, 0.3) is 16.7 Å². The molecule has 0 saturated carbocycles. The molecule has 172 valence electrons. The molecule has 3 aromatic heterocycles. The maximum Gasteiger partial charge on any atom is 0.410 e. The third kappa shape index (κ3) is 3.98. The van der Waals surface area contributed by atoms with Gasteiger partial charge in [-0.3, -0.25) is 9.58 Å². The summed E-state index contributed by atoms with van der Waals surface area (Å²) in [5, 5.41) is 10.4. The minimum absolute atomic E-state index is 0.183. The number of carbonyl (C=O) groups excluding carboxylic acids is 1. The molecule has 1 atom stereocenters. The van der Waals surface area contributed by atoms with E-state index in [4.69, 9.17) is 14.8 Å². The molecule has 0 N–H and O–H groups in total. The van der Waals surface area contributed by atoms with Crippen LogP contribution in [0.4, 0.5) is 4.79 Å². The summed E-state index contributed by atoms with van der Waals surface area (Å²) in [6.45, 7) is 14.9. The SMILES string of the molecule is Cc1nn(-c2cc3cn(C)nc3nc2C2CCCN2C(=O)OC(C)(C)C)c(C)c1C(C)C. The van der Waals surface area contributed by atoms with Gasteiger partial charge in [0.1, 0.15) is 5.60 Å². The first kappa shape index (κ1) is 22.3. The molecule has 3 aromatic rings. The number of rotatable bonds is 3. The van der Waals surface area contributed by atoms with Gasteiger partial charge in [0.15, 0.2) is 5.65 Å². The molecular weight excluding hydrogens is 404 g/mol. The van der Waals surface area contributed by atoms with Crippen molar-refractivity contribution in [2.24, 2.45) is 7.05 Å². The molecule has 1 unspecified atom stereocenters. The molecule has 0 bridgehead atoms. The van der Waals surface area contributed by atoms with E-state index in [1.807, 2.05) is 38.7 Å². The molecule has 1 saturated heterocycles. The average molecular weight is 439 g/mol. The zero-order chi connectivity index (χ0) is 23.4. The molecule has 0 spiro atoms. The Bertz CT molecular complexity index is 1170. The molecule has 0 radical (unpaired) electrons. The number of likely N-dealkylation sites (tertiary alicyclic amines) is 1. The lowest BCUT2D eigenvalue weighted by Gasteiger charge is -2.29. The number of carbonyl (C=O) groups is 1. The third-order valence-electron chi connectivity index (χ3n) is 5.97. The number of aromatic nitrogens is 5. The molecule has 0 aliphatic carbocycles. The Morgan fingerprint density at radius 3 is 2.56 bits per heavy atom. The maximum atomic E-state index is 13.0. The molecular formula is C24H34N6O2.